The van der Waals surface area contributed by atoms with Gasteiger partial charge in [-0.3, -0.25) is 19.7 Å². The zero-order valence-electron chi connectivity index (χ0n) is 15.1. The summed E-state index contributed by atoms with van der Waals surface area (Å²) in [6, 6.07) is -0.0940. The molecule has 0 spiro atoms. The van der Waals surface area contributed by atoms with Crippen LogP contribution in [-0.2, 0) is 14.4 Å². The molecule has 0 radical (unpaired) electrons. The number of amides is 3. The normalized spacial score (nSPS) is 24.2. The first-order chi connectivity index (χ1) is 11.1. The van der Waals surface area contributed by atoms with Crippen LogP contribution in [0.5, 0.6) is 0 Å². The second-order valence-electron chi connectivity index (χ2n) is 8.31. The van der Waals surface area contributed by atoms with Gasteiger partial charge < -0.3 is 16.0 Å². The monoisotopic (exact) mass is 338 g/mol. The van der Waals surface area contributed by atoms with Crippen molar-refractivity contribution in [3.05, 3.63) is 0 Å². The Kier molecular flexibility index (Phi) is 5.65. The van der Waals surface area contributed by atoms with E-state index in [2.05, 4.69) is 49.0 Å². The van der Waals surface area contributed by atoms with E-state index in [1.54, 1.807) is 0 Å². The Labute approximate surface area is 143 Å². The molecule has 2 fully saturated rings. The second-order valence-corrected chi connectivity index (χ2v) is 8.31. The zero-order chi connectivity index (χ0) is 18.0. The van der Waals surface area contributed by atoms with E-state index in [1.165, 1.54) is 0 Å². The molecule has 2 saturated heterocycles. The first kappa shape index (κ1) is 18.9. The van der Waals surface area contributed by atoms with Crippen LogP contribution >= 0.6 is 0 Å². The van der Waals surface area contributed by atoms with Crippen LogP contribution in [-0.4, -0.2) is 47.9 Å². The molecule has 2 heterocycles. The summed E-state index contributed by atoms with van der Waals surface area (Å²) in [6.45, 7) is 9.83. The minimum Gasteiger partial charge on any atom is -0.345 e. The maximum atomic E-state index is 12.1. The number of piperidine rings is 2. The first-order valence-electron chi connectivity index (χ1n) is 8.74. The summed E-state index contributed by atoms with van der Waals surface area (Å²) in [5.74, 6) is -2.12. The minimum absolute atomic E-state index is 0.0940. The number of carbonyl (C=O) groups is 3. The lowest BCUT2D eigenvalue weighted by molar-refractivity contribution is -0.143. The number of carbonyl (C=O) groups excluding carboxylic acids is 3. The first-order valence-corrected chi connectivity index (χ1v) is 8.74. The Morgan fingerprint density at radius 3 is 2.00 bits per heavy atom. The molecule has 0 aromatic heterocycles. The summed E-state index contributed by atoms with van der Waals surface area (Å²) in [7, 11) is 0. The van der Waals surface area contributed by atoms with Gasteiger partial charge in [-0.05, 0) is 66.5 Å². The predicted molar refractivity (Wildman–Crippen MR) is 91.2 cm³/mol. The molecule has 0 atom stereocenters. The molecule has 0 saturated carbocycles. The number of hydrogen-bond donors (Lipinski definition) is 4. The Hall–Kier alpha value is -1.47. The molecule has 0 aromatic rings. The summed E-state index contributed by atoms with van der Waals surface area (Å²) < 4.78 is 0. The second kappa shape index (κ2) is 7.19. The van der Waals surface area contributed by atoms with Crippen LogP contribution < -0.4 is 21.3 Å². The van der Waals surface area contributed by atoms with E-state index in [0.717, 1.165) is 25.9 Å². The molecule has 3 amide bonds. The number of rotatable bonds is 2. The SMILES string of the molecule is CC1(C)CC(NC(=O)C(=O)NC(=O)C2CCNCC2)CC(C)(C)N1. The van der Waals surface area contributed by atoms with Crippen molar-refractivity contribution in [1.82, 2.24) is 21.3 Å². The van der Waals surface area contributed by atoms with Gasteiger partial charge in [0.2, 0.25) is 5.91 Å². The van der Waals surface area contributed by atoms with Crippen molar-refractivity contribution >= 4 is 17.7 Å². The number of nitrogens with one attached hydrogen (secondary N) is 4. The van der Waals surface area contributed by atoms with E-state index in [4.69, 9.17) is 0 Å². The van der Waals surface area contributed by atoms with Crippen LogP contribution in [0.15, 0.2) is 0 Å². The van der Waals surface area contributed by atoms with Gasteiger partial charge in [0, 0.05) is 23.0 Å². The predicted octanol–water partition coefficient (Wildman–Crippen LogP) is 0.0542. The fourth-order valence-electron chi connectivity index (χ4n) is 4.03. The number of imide groups is 1. The quantitative estimate of drug-likeness (QED) is 0.534. The third-order valence-electron chi connectivity index (χ3n) is 4.68. The van der Waals surface area contributed by atoms with Gasteiger partial charge in [0.1, 0.15) is 0 Å². The van der Waals surface area contributed by atoms with Crippen molar-refractivity contribution in [3.8, 4) is 0 Å². The van der Waals surface area contributed by atoms with Crippen LogP contribution in [0.1, 0.15) is 53.4 Å². The molecule has 7 nitrogen and oxygen atoms in total. The van der Waals surface area contributed by atoms with Gasteiger partial charge in [0.05, 0.1) is 0 Å². The van der Waals surface area contributed by atoms with Crippen molar-refractivity contribution in [2.75, 3.05) is 13.1 Å². The van der Waals surface area contributed by atoms with Gasteiger partial charge in [-0.15, -0.1) is 0 Å². The van der Waals surface area contributed by atoms with Gasteiger partial charge in [0.25, 0.3) is 0 Å². The molecule has 24 heavy (non-hydrogen) atoms. The fraction of sp³-hybridized carbons (Fsp3) is 0.824. The lowest BCUT2D eigenvalue weighted by atomic mass is 9.79. The Morgan fingerprint density at radius 1 is 0.917 bits per heavy atom. The Morgan fingerprint density at radius 2 is 1.46 bits per heavy atom. The molecular formula is C17H30N4O3. The molecule has 0 aliphatic carbocycles. The highest BCUT2D eigenvalue weighted by molar-refractivity contribution is 6.37. The Bertz CT molecular complexity index is 494. The van der Waals surface area contributed by atoms with Crippen LogP contribution in [0.25, 0.3) is 0 Å². The molecule has 0 unspecified atom stereocenters. The van der Waals surface area contributed by atoms with Crippen molar-refractivity contribution < 1.29 is 14.4 Å². The third-order valence-corrected chi connectivity index (χ3v) is 4.68. The molecule has 0 bridgehead atoms. The lowest BCUT2D eigenvalue weighted by Crippen LogP contribution is -2.63. The maximum absolute atomic E-state index is 12.1. The average Bonchev–Trinajstić information content (AvgIpc) is 2.44. The molecule has 2 aliphatic rings. The molecule has 2 rings (SSSR count). The molecule has 4 N–H and O–H groups in total. The van der Waals surface area contributed by atoms with Gasteiger partial charge >= 0.3 is 11.8 Å². The van der Waals surface area contributed by atoms with E-state index >= 15 is 0 Å². The highest BCUT2D eigenvalue weighted by Crippen LogP contribution is 2.28. The molecular weight excluding hydrogens is 308 g/mol. The summed E-state index contributed by atoms with van der Waals surface area (Å²) in [6.07, 6.45) is 2.85. The van der Waals surface area contributed by atoms with Gasteiger partial charge in [-0.25, -0.2) is 0 Å². The highest BCUT2D eigenvalue weighted by atomic mass is 16.2. The average molecular weight is 338 g/mol. The minimum atomic E-state index is -0.854. The summed E-state index contributed by atoms with van der Waals surface area (Å²) in [4.78, 5) is 36.2. The topological polar surface area (TPSA) is 99.3 Å². The van der Waals surface area contributed by atoms with Crippen molar-refractivity contribution in [2.45, 2.75) is 70.5 Å². The molecule has 7 heteroatoms. The van der Waals surface area contributed by atoms with Crippen LogP contribution in [0.4, 0.5) is 0 Å². The Balaban J connectivity index is 1.87. The molecule has 136 valence electrons. The lowest BCUT2D eigenvalue weighted by Gasteiger charge is -2.46. The van der Waals surface area contributed by atoms with Gasteiger partial charge in [-0.2, -0.15) is 0 Å². The van der Waals surface area contributed by atoms with Crippen LogP contribution in [0.2, 0.25) is 0 Å². The van der Waals surface area contributed by atoms with E-state index < -0.39 is 11.8 Å². The number of hydrogen-bond acceptors (Lipinski definition) is 5. The van der Waals surface area contributed by atoms with Crippen molar-refractivity contribution in [1.29, 1.82) is 0 Å². The highest BCUT2D eigenvalue weighted by Gasteiger charge is 2.38. The molecule has 2 aliphatic heterocycles. The third kappa shape index (κ3) is 5.27. The standard InChI is InChI=1S/C17H30N4O3/c1-16(2)9-12(10-17(3,4)21-16)19-14(23)15(24)20-13(22)11-5-7-18-8-6-11/h11-12,18,21H,5-10H2,1-4H3,(H,19,23)(H,20,22,24). The van der Waals surface area contributed by atoms with E-state index in [-0.39, 0.29) is 28.9 Å². The summed E-state index contributed by atoms with van der Waals surface area (Å²) >= 11 is 0. The van der Waals surface area contributed by atoms with E-state index in [9.17, 15) is 14.4 Å². The van der Waals surface area contributed by atoms with Crippen LogP contribution in [0, 0.1) is 5.92 Å². The zero-order valence-corrected chi connectivity index (χ0v) is 15.1. The van der Waals surface area contributed by atoms with Crippen LogP contribution in [0.3, 0.4) is 0 Å². The fourth-order valence-corrected chi connectivity index (χ4v) is 4.03. The van der Waals surface area contributed by atoms with E-state index in [0.29, 0.717) is 12.8 Å². The maximum Gasteiger partial charge on any atom is 0.315 e. The summed E-state index contributed by atoms with van der Waals surface area (Å²) in [5, 5.41) is 11.7. The van der Waals surface area contributed by atoms with Gasteiger partial charge in [0.15, 0.2) is 0 Å². The van der Waals surface area contributed by atoms with Crippen molar-refractivity contribution in [2.24, 2.45) is 5.92 Å². The van der Waals surface area contributed by atoms with E-state index in [1.807, 2.05) is 0 Å². The molecule has 0 aromatic carbocycles. The largest absolute Gasteiger partial charge is 0.345 e. The smallest absolute Gasteiger partial charge is 0.315 e. The van der Waals surface area contributed by atoms with Crippen molar-refractivity contribution in [3.63, 3.8) is 0 Å². The summed E-state index contributed by atoms with van der Waals surface area (Å²) in [5.41, 5.74) is -0.248. The van der Waals surface area contributed by atoms with Gasteiger partial charge in [-0.1, -0.05) is 0 Å².